The van der Waals surface area contributed by atoms with Gasteiger partial charge in [0, 0.05) is 0 Å². The lowest BCUT2D eigenvalue weighted by molar-refractivity contribution is 0.124. The summed E-state index contributed by atoms with van der Waals surface area (Å²) in [5, 5.41) is 0. The van der Waals surface area contributed by atoms with E-state index in [1.807, 2.05) is 0 Å². The average Bonchev–Trinajstić information content (AvgIpc) is 2.03. The summed E-state index contributed by atoms with van der Waals surface area (Å²) < 4.78 is 0. The van der Waals surface area contributed by atoms with E-state index >= 15 is 0 Å². The summed E-state index contributed by atoms with van der Waals surface area (Å²) in [5.41, 5.74) is 0. The second kappa shape index (κ2) is 4.99. The van der Waals surface area contributed by atoms with Crippen LogP contribution in [0, 0.1) is 5.92 Å². The van der Waals surface area contributed by atoms with Gasteiger partial charge in [0.2, 0.25) is 0 Å². The van der Waals surface area contributed by atoms with Crippen LogP contribution in [0.3, 0.4) is 0 Å². The molecule has 1 heterocycles. The first-order chi connectivity index (χ1) is 4.93. The Morgan fingerprint density at radius 2 is 2.50 bits per heavy atom. The van der Waals surface area contributed by atoms with Crippen LogP contribution in [0.2, 0.25) is 0 Å². The van der Waals surface area contributed by atoms with Crippen LogP contribution in [0.5, 0.6) is 0 Å². The van der Waals surface area contributed by atoms with Crippen LogP contribution < -0.4 is 5.90 Å². The fourth-order valence-electron chi connectivity index (χ4n) is 1.27. The molecule has 0 saturated carbocycles. The molecule has 0 aromatic heterocycles. The highest BCUT2D eigenvalue weighted by molar-refractivity contribution is 7.99. The molecule has 0 amide bonds. The van der Waals surface area contributed by atoms with Gasteiger partial charge in [-0.25, -0.2) is 5.90 Å². The lowest BCUT2D eigenvalue weighted by Crippen LogP contribution is -2.14. The van der Waals surface area contributed by atoms with Crippen molar-refractivity contribution in [2.45, 2.75) is 19.3 Å². The Morgan fingerprint density at radius 3 is 3.10 bits per heavy atom. The lowest BCUT2D eigenvalue weighted by Gasteiger charge is -2.20. The summed E-state index contributed by atoms with van der Waals surface area (Å²) in [6.45, 7) is 0.727. The molecule has 1 aliphatic heterocycles. The topological polar surface area (TPSA) is 35.2 Å². The molecule has 2 nitrogen and oxygen atoms in total. The zero-order chi connectivity index (χ0) is 7.23. The van der Waals surface area contributed by atoms with Crippen molar-refractivity contribution in [3.63, 3.8) is 0 Å². The van der Waals surface area contributed by atoms with Gasteiger partial charge < -0.3 is 4.84 Å². The van der Waals surface area contributed by atoms with E-state index in [2.05, 4.69) is 16.6 Å². The number of thioether (sulfide) groups is 1. The monoisotopic (exact) mass is 161 g/mol. The summed E-state index contributed by atoms with van der Waals surface area (Å²) in [6, 6.07) is 0. The minimum absolute atomic E-state index is 0.727. The van der Waals surface area contributed by atoms with Gasteiger partial charge in [0.25, 0.3) is 0 Å². The van der Waals surface area contributed by atoms with Crippen molar-refractivity contribution in [2.24, 2.45) is 11.8 Å². The molecule has 1 saturated heterocycles. The van der Waals surface area contributed by atoms with Crippen LogP contribution in [-0.2, 0) is 4.84 Å². The minimum Gasteiger partial charge on any atom is -0.305 e. The van der Waals surface area contributed by atoms with Gasteiger partial charge in [-0.2, -0.15) is 11.8 Å². The first-order valence-corrected chi connectivity index (χ1v) is 4.98. The lowest BCUT2D eigenvalue weighted by atomic mass is 10.0. The van der Waals surface area contributed by atoms with Gasteiger partial charge in [-0.05, 0) is 36.7 Å². The summed E-state index contributed by atoms with van der Waals surface area (Å²) >= 11 is 2.06. The molecule has 1 fully saturated rings. The third-order valence-corrected chi connectivity index (χ3v) is 3.18. The maximum absolute atomic E-state index is 4.94. The van der Waals surface area contributed by atoms with Crippen LogP contribution in [0.25, 0.3) is 0 Å². The maximum Gasteiger partial charge on any atom is 0.0682 e. The van der Waals surface area contributed by atoms with Crippen LogP contribution >= 0.6 is 11.8 Å². The molecule has 0 radical (unpaired) electrons. The zero-order valence-corrected chi connectivity index (χ0v) is 7.03. The molecule has 60 valence electrons. The van der Waals surface area contributed by atoms with Gasteiger partial charge in [-0.3, -0.25) is 0 Å². The summed E-state index contributed by atoms with van der Waals surface area (Å²) in [7, 11) is 0. The molecular formula is C7H15NOS. The predicted octanol–water partition coefficient (Wildman–Crippen LogP) is 1.41. The van der Waals surface area contributed by atoms with Gasteiger partial charge in [0.1, 0.15) is 0 Å². The highest BCUT2D eigenvalue weighted by Gasteiger charge is 2.12. The Labute approximate surface area is 66.5 Å². The SMILES string of the molecule is NOCCC1CCCSC1. The molecule has 1 rings (SSSR count). The average molecular weight is 161 g/mol. The number of rotatable bonds is 3. The first-order valence-electron chi connectivity index (χ1n) is 3.83. The van der Waals surface area contributed by atoms with E-state index in [-0.39, 0.29) is 0 Å². The summed E-state index contributed by atoms with van der Waals surface area (Å²) in [5.74, 6) is 8.46. The van der Waals surface area contributed by atoms with Crippen molar-refractivity contribution in [3.05, 3.63) is 0 Å². The Balaban J connectivity index is 2.02. The molecule has 0 aromatic rings. The molecule has 2 N–H and O–H groups in total. The van der Waals surface area contributed by atoms with Gasteiger partial charge in [-0.1, -0.05) is 0 Å². The van der Waals surface area contributed by atoms with Crippen LogP contribution in [-0.4, -0.2) is 18.1 Å². The summed E-state index contributed by atoms with van der Waals surface area (Å²) in [6.07, 6.45) is 3.89. The first kappa shape index (κ1) is 8.37. The molecule has 0 bridgehead atoms. The van der Waals surface area contributed by atoms with E-state index < -0.39 is 0 Å². The number of hydrogen-bond acceptors (Lipinski definition) is 3. The van der Waals surface area contributed by atoms with Crippen molar-refractivity contribution in [3.8, 4) is 0 Å². The Hall–Kier alpha value is 0.270. The molecule has 10 heavy (non-hydrogen) atoms. The second-order valence-electron chi connectivity index (χ2n) is 2.74. The highest BCUT2D eigenvalue weighted by atomic mass is 32.2. The fourth-order valence-corrected chi connectivity index (χ4v) is 2.47. The van der Waals surface area contributed by atoms with Crippen molar-refractivity contribution >= 4 is 11.8 Å². The van der Waals surface area contributed by atoms with E-state index in [1.165, 1.54) is 24.3 Å². The van der Waals surface area contributed by atoms with E-state index in [0.29, 0.717) is 0 Å². The van der Waals surface area contributed by atoms with Gasteiger partial charge in [-0.15, -0.1) is 0 Å². The van der Waals surface area contributed by atoms with Crippen LogP contribution in [0.4, 0.5) is 0 Å². The van der Waals surface area contributed by atoms with Gasteiger partial charge in [0.15, 0.2) is 0 Å². The fraction of sp³-hybridized carbons (Fsp3) is 1.00. The normalized spacial score (nSPS) is 26.7. The van der Waals surface area contributed by atoms with E-state index in [0.717, 1.165) is 18.9 Å². The van der Waals surface area contributed by atoms with Crippen molar-refractivity contribution in [1.29, 1.82) is 0 Å². The maximum atomic E-state index is 4.94. The van der Waals surface area contributed by atoms with Gasteiger partial charge >= 0.3 is 0 Å². The van der Waals surface area contributed by atoms with Crippen molar-refractivity contribution in [1.82, 2.24) is 0 Å². The Bertz CT molecular complexity index is 83.7. The zero-order valence-electron chi connectivity index (χ0n) is 6.21. The second-order valence-corrected chi connectivity index (χ2v) is 3.89. The highest BCUT2D eigenvalue weighted by Crippen LogP contribution is 2.24. The van der Waals surface area contributed by atoms with Crippen LogP contribution in [0.15, 0.2) is 0 Å². The van der Waals surface area contributed by atoms with E-state index in [1.54, 1.807) is 0 Å². The molecule has 1 unspecified atom stereocenters. The minimum atomic E-state index is 0.727. The quantitative estimate of drug-likeness (QED) is 0.636. The molecular weight excluding hydrogens is 146 g/mol. The number of hydrogen-bond donors (Lipinski definition) is 1. The van der Waals surface area contributed by atoms with Crippen molar-refractivity contribution in [2.75, 3.05) is 18.1 Å². The number of nitrogens with two attached hydrogens (primary N) is 1. The smallest absolute Gasteiger partial charge is 0.0682 e. The standard InChI is InChI=1S/C7H15NOS/c8-9-4-3-7-2-1-5-10-6-7/h7H,1-6,8H2. The van der Waals surface area contributed by atoms with E-state index in [9.17, 15) is 0 Å². The third-order valence-electron chi connectivity index (χ3n) is 1.90. The third kappa shape index (κ3) is 2.90. The Kier molecular flexibility index (Phi) is 4.18. The molecule has 0 aromatic carbocycles. The Morgan fingerprint density at radius 1 is 1.60 bits per heavy atom. The molecule has 1 aliphatic rings. The van der Waals surface area contributed by atoms with Crippen LogP contribution in [0.1, 0.15) is 19.3 Å². The molecule has 3 heteroatoms. The van der Waals surface area contributed by atoms with E-state index in [4.69, 9.17) is 5.90 Å². The molecule has 1 atom stereocenters. The van der Waals surface area contributed by atoms with Crippen molar-refractivity contribution < 1.29 is 4.84 Å². The molecule has 0 aliphatic carbocycles. The van der Waals surface area contributed by atoms with Gasteiger partial charge in [0.05, 0.1) is 6.61 Å². The summed E-state index contributed by atoms with van der Waals surface area (Å²) in [4.78, 5) is 4.54. The predicted molar refractivity (Wildman–Crippen MR) is 44.8 cm³/mol. The molecule has 0 spiro atoms. The largest absolute Gasteiger partial charge is 0.305 e.